The Hall–Kier alpha value is -3.34. The first kappa shape index (κ1) is 30.6. The highest BCUT2D eigenvalue weighted by Gasteiger charge is 2.41. The molecule has 10 heteroatoms. The van der Waals surface area contributed by atoms with Crippen LogP contribution in [0.5, 0.6) is 5.75 Å². The number of nitrogens with zero attached hydrogens (tertiary/aromatic N) is 3. The van der Waals surface area contributed by atoms with Crippen molar-refractivity contribution in [1.29, 1.82) is 0 Å². The second kappa shape index (κ2) is 12.7. The van der Waals surface area contributed by atoms with Crippen molar-refractivity contribution in [2.24, 2.45) is 0 Å². The second-order valence-electron chi connectivity index (χ2n) is 11.2. The summed E-state index contributed by atoms with van der Waals surface area (Å²) in [6, 6.07) is 14.6. The van der Waals surface area contributed by atoms with E-state index in [2.05, 4.69) is 47.9 Å². The van der Waals surface area contributed by atoms with Crippen LogP contribution in [-0.2, 0) is 10.8 Å². The molecule has 4 rings (SSSR count). The number of aldehydes is 1. The molecule has 0 fully saturated rings. The van der Waals surface area contributed by atoms with Crippen molar-refractivity contribution in [2.75, 3.05) is 13.7 Å². The van der Waals surface area contributed by atoms with Gasteiger partial charge in [0.05, 0.1) is 41.9 Å². The molecular formula is C31H35BrFN3O4Si. The standard InChI is InChI=1S/C31H35BrFN3O4Si/c1-31(2,15-14-25-18-35(21-34-25)27-13-8-22(19-37)17-29(27)39-3)41(4,5)40-20-28(23-9-11-24(33)12-10-23)36-16-6-7-26(32)30(36)38/h6-13,16-19,21,28H,14-15,20H2,1-5H3. The van der Waals surface area contributed by atoms with E-state index in [4.69, 9.17) is 9.16 Å². The van der Waals surface area contributed by atoms with Gasteiger partial charge in [-0.15, -0.1) is 0 Å². The molecule has 0 saturated heterocycles. The van der Waals surface area contributed by atoms with Crippen LogP contribution in [0, 0.1) is 5.82 Å². The number of ether oxygens (including phenoxy) is 1. The van der Waals surface area contributed by atoms with Crippen LogP contribution in [0.3, 0.4) is 0 Å². The Labute approximate surface area is 249 Å². The Morgan fingerprint density at radius 3 is 2.56 bits per heavy atom. The number of hydrogen-bond donors (Lipinski definition) is 0. The van der Waals surface area contributed by atoms with E-state index in [1.165, 1.54) is 12.1 Å². The maximum atomic E-state index is 13.7. The molecule has 0 aliphatic heterocycles. The maximum absolute atomic E-state index is 13.7. The minimum absolute atomic E-state index is 0.129. The van der Waals surface area contributed by atoms with Crippen LogP contribution in [0.2, 0.25) is 18.1 Å². The van der Waals surface area contributed by atoms with Crippen LogP contribution < -0.4 is 10.3 Å². The van der Waals surface area contributed by atoms with E-state index in [1.54, 1.807) is 60.6 Å². The molecule has 7 nitrogen and oxygen atoms in total. The lowest BCUT2D eigenvalue weighted by atomic mass is 10.1. The lowest BCUT2D eigenvalue weighted by Gasteiger charge is -2.40. The number of rotatable bonds is 12. The van der Waals surface area contributed by atoms with Gasteiger partial charge < -0.3 is 18.3 Å². The summed E-state index contributed by atoms with van der Waals surface area (Å²) >= 11 is 3.34. The Bertz CT molecular complexity index is 1570. The van der Waals surface area contributed by atoms with Gasteiger partial charge in [0.2, 0.25) is 0 Å². The van der Waals surface area contributed by atoms with Gasteiger partial charge in [-0.3, -0.25) is 9.59 Å². The van der Waals surface area contributed by atoms with Gasteiger partial charge >= 0.3 is 0 Å². The largest absolute Gasteiger partial charge is 0.495 e. The van der Waals surface area contributed by atoms with Crippen LogP contribution in [0.1, 0.15) is 47.9 Å². The zero-order chi connectivity index (χ0) is 29.8. The fraction of sp³-hybridized carbons (Fsp3) is 0.323. The van der Waals surface area contributed by atoms with Crippen LogP contribution in [0.15, 0.2) is 82.6 Å². The predicted molar refractivity (Wildman–Crippen MR) is 164 cm³/mol. The summed E-state index contributed by atoms with van der Waals surface area (Å²) in [7, 11) is -0.749. The Morgan fingerprint density at radius 1 is 1.15 bits per heavy atom. The molecular weight excluding hydrogens is 605 g/mol. The normalized spacial score (nSPS) is 12.8. The second-order valence-corrected chi connectivity index (χ2v) is 16.7. The van der Waals surface area contributed by atoms with Gasteiger partial charge in [-0.2, -0.15) is 0 Å². The van der Waals surface area contributed by atoms with Gasteiger partial charge in [0.1, 0.15) is 17.9 Å². The Morgan fingerprint density at radius 2 is 1.88 bits per heavy atom. The average Bonchev–Trinajstić information content (AvgIpc) is 3.43. The molecule has 2 heterocycles. The summed E-state index contributed by atoms with van der Waals surface area (Å²) in [5.41, 5.74) is 2.93. The third-order valence-corrected chi connectivity index (χ3v) is 13.0. The van der Waals surface area contributed by atoms with Crippen molar-refractivity contribution in [3.05, 3.63) is 111 Å². The van der Waals surface area contributed by atoms with Gasteiger partial charge in [-0.1, -0.05) is 26.0 Å². The third-order valence-electron chi connectivity index (χ3n) is 8.01. The number of imidazole rings is 1. The molecule has 2 aromatic heterocycles. The summed E-state index contributed by atoms with van der Waals surface area (Å²) in [5.74, 6) is 0.269. The van der Waals surface area contributed by atoms with Gasteiger partial charge in [-0.25, -0.2) is 9.37 Å². The van der Waals surface area contributed by atoms with Crippen LogP contribution in [0.4, 0.5) is 4.39 Å². The quantitative estimate of drug-likeness (QED) is 0.123. The molecule has 216 valence electrons. The molecule has 4 aromatic rings. The van der Waals surface area contributed by atoms with E-state index in [1.807, 2.05) is 16.8 Å². The molecule has 2 aromatic carbocycles. The van der Waals surface area contributed by atoms with Gasteiger partial charge in [0, 0.05) is 18.0 Å². The zero-order valence-electron chi connectivity index (χ0n) is 23.9. The fourth-order valence-corrected chi connectivity index (χ4v) is 6.63. The summed E-state index contributed by atoms with van der Waals surface area (Å²) in [4.78, 5) is 28.7. The monoisotopic (exact) mass is 639 g/mol. The lowest BCUT2D eigenvalue weighted by Crippen LogP contribution is -2.44. The summed E-state index contributed by atoms with van der Waals surface area (Å²) in [6.07, 6.45) is 7.86. The van der Waals surface area contributed by atoms with Crippen molar-refractivity contribution in [2.45, 2.75) is 50.9 Å². The van der Waals surface area contributed by atoms with Crippen LogP contribution >= 0.6 is 15.9 Å². The number of aromatic nitrogens is 3. The van der Waals surface area contributed by atoms with Gasteiger partial charge in [-0.05, 0) is 94.9 Å². The van der Waals surface area contributed by atoms with Crippen LogP contribution in [0.25, 0.3) is 5.69 Å². The number of aryl methyl sites for hydroxylation is 1. The Balaban J connectivity index is 1.49. The molecule has 0 saturated carbocycles. The minimum atomic E-state index is -2.33. The smallest absolute Gasteiger partial charge is 0.265 e. The number of pyridine rings is 1. The maximum Gasteiger partial charge on any atom is 0.265 e. The number of methoxy groups -OCH3 is 1. The topological polar surface area (TPSA) is 75.4 Å². The minimum Gasteiger partial charge on any atom is -0.495 e. The molecule has 0 aliphatic rings. The highest BCUT2D eigenvalue weighted by Crippen LogP contribution is 2.42. The van der Waals surface area contributed by atoms with Crippen molar-refractivity contribution in [1.82, 2.24) is 14.1 Å². The SMILES string of the molecule is COc1cc(C=O)ccc1-n1cnc(CCC(C)(C)[Si](C)(C)OCC(c2ccc(F)cc2)n2cccc(Br)c2=O)c1. The average molecular weight is 641 g/mol. The number of hydrogen-bond acceptors (Lipinski definition) is 5. The number of halogens is 2. The lowest BCUT2D eigenvalue weighted by molar-refractivity contribution is 0.112. The molecule has 0 spiro atoms. The molecule has 1 unspecified atom stereocenters. The summed E-state index contributed by atoms with van der Waals surface area (Å²) in [6.45, 7) is 9.11. The molecule has 0 radical (unpaired) electrons. The first-order chi connectivity index (χ1) is 19.5. The molecule has 0 N–H and O–H groups in total. The number of carbonyl (C=O) groups is 1. The van der Waals surface area contributed by atoms with E-state index in [0.717, 1.165) is 36.1 Å². The Kier molecular flexibility index (Phi) is 9.46. The summed E-state index contributed by atoms with van der Waals surface area (Å²) in [5, 5.41) is -0.129. The van der Waals surface area contributed by atoms with E-state index in [-0.39, 0.29) is 23.0 Å². The van der Waals surface area contributed by atoms with Crippen molar-refractivity contribution in [3.8, 4) is 11.4 Å². The number of carbonyl (C=O) groups excluding carboxylic acids is 1. The van der Waals surface area contributed by atoms with E-state index in [9.17, 15) is 14.0 Å². The summed E-state index contributed by atoms with van der Waals surface area (Å²) < 4.78 is 29.9. The highest BCUT2D eigenvalue weighted by atomic mass is 79.9. The predicted octanol–water partition coefficient (Wildman–Crippen LogP) is 6.98. The third kappa shape index (κ3) is 6.94. The van der Waals surface area contributed by atoms with E-state index in [0.29, 0.717) is 15.8 Å². The first-order valence-electron chi connectivity index (χ1n) is 13.4. The van der Waals surface area contributed by atoms with E-state index >= 15 is 0 Å². The van der Waals surface area contributed by atoms with Crippen molar-refractivity contribution >= 4 is 30.5 Å². The van der Waals surface area contributed by atoms with Crippen LogP contribution in [-0.4, -0.2) is 42.4 Å². The molecule has 1 atom stereocenters. The fourth-order valence-electron chi connectivity index (χ4n) is 4.58. The highest BCUT2D eigenvalue weighted by molar-refractivity contribution is 9.10. The number of benzene rings is 2. The zero-order valence-corrected chi connectivity index (χ0v) is 26.5. The molecule has 0 aliphatic carbocycles. The van der Waals surface area contributed by atoms with Gasteiger partial charge in [0.25, 0.3) is 5.56 Å². The molecule has 0 bridgehead atoms. The van der Waals surface area contributed by atoms with Gasteiger partial charge in [0.15, 0.2) is 8.32 Å². The first-order valence-corrected chi connectivity index (χ1v) is 17.1. The molecule has 0 amide bonds. The van der Waals surface area contributed by atoms with Crippen molar-refractivity contribution < 1.29 is 18.3 Å². The van der Waals surface area contributed by atoms with E-state index < -0.39 is 14.4 Å². The van der Waals surface area contributed by atoms with Crippen molar-refractivity contribution in [3.63, 3.8) is 0 Å². The molecule has 41 heavy (non-hydrogen) atoms.